The van der Waals surface area contributed by atoms with Crippen LogP contribution in [-0.4, -0.2) is 45.7 Å². The zero-order chi connectivity index (χ0) is 20.7. The summed E-state index contributed by atoms with van der Waals surface area (Å²) in [7, 11) is -1.17. The molecule has 0 amide bonds. The molecule has 1 heterocycles. The van der Waals surface area contributed by atoms with Crippen LogP contribution in [0.1, 0.15) is 29.5 Å². The molecule has 1 aliphatic rings. The Bertz CT molecular complexity index is 901. The van der Waals surface area contributed by atoms with E-state index in [2.05, 4.69) is 45.5 Å². The van der Waals surface area contributed by atoms with Gasteiger partial charge < -0.3 is 10.2 Å². The van der Waals surface area contributed by atoms with E-state index in [1.807, 2.05) is 31.3 Å². The molecule has 0 radical (unpaired) electrons. The van der Waals surface area contributed by atoms with Gasteiger partial charge in [-0.05, 0) is 41.9 Å². The van der Waals surface area contributed by atoms with Gasteiger partial charge in [0, 0.05) is 32.9 Å². The molecule has 0 unspecified atom stereocenters. The molecule has 6 heteroatoms. The van der Waals surface area contributed by atoms with Gasteiger partial charge in [0.15, 0.2) is 15.8 Å². The molecule has 3 rings (SSSR count). The van der Waals surface area contributed by atoms with Gasteiger partial charge in [-0.15, -0.1) is 0 Å². The lowest BCUT2D eigenvalue weighted by Gasteiger charge is -2.34. The lowest BCUT2D eigenvalue weighted by atomic mass is 9.90. The second-order valence-corrected chi connectivity index (χ2v) is 10.0. The lowest BCUT2D eigenvalue weighted by Crippen LogP contribution is -2.45. The molecule has 0 aliphatic carbocycles. The average Bonchev–Trinajstić information content (AvgIpc) is 2.70. The highest BCUT2D eigenvalue weighted by molar-refractivity contribution is 7.89. The fourth-order valence-corrected chi connectivity index (χ4v) is 4.66. The lowest BCUT2D eigenvalue weighted by molar-refractivity contribution is 0.259. The number of piperidine rings is 1. The highest BCUT2D eigenvalue weighted by atomic mass is 32.2. The average molecular weight is 414 g/mol. The number of hydrogen-bond donors (Lipinski definition) is 1. The van der Waals surface area contributed by atoms with Crippen molar-refractivity contribution in [2.75, 3.05) is 26.4 Å². The molecule has 1 fully saturated rings. The minimum atomic E-state index is -3.00. The summed E-state index contributed by atoms with van der Waals surface area (Å²) in [5, 5.41) is 3.45. The maximum absolute atomic E-state index is 11.4. The zero-order valence-corrected chi connectivity index (χ0v) is 18.2. The van der Waals surface area contributed by atoms with Crippen LogP contribution in [0.25, 0.3) is 0 Å². The van der Waals surface area contributed by atoms with Crippen LogP contribution in [0.5, 0.6) is 0 Å². The van der Waals surface area contributed by atoms with Crippen LogP contribution in [0, 0.1) is 5.92 Å². The first-order valence-corrected chi connectivity index (χ1v) is 12.2. The Morgan fingerprint density at radius 3 is 2.21 bits per heavy atom. The van der Waals surface area contributed by atoms with Gasteiger partial charge in [-0.2, -0.15) is 0 Å². The van der Waals surface area contributed by atoms with Crippen molar-refractivity contribution in [3.63, 3.8) is 0 Å². The maximum atomic E-state index is 11.4. The predicted octanol–water partition coefficient (Wildman–Crippen LogP) is 3.26. The van der Waals surface area contributed by atoms with Crippen LogP contribution in [0.3, 0.4) is 0 Å². The molecule has 2 aromatic carbocycles. The Labute approximate surface area is 174 Å². The maximum Gasteiger partial charge on any atom is 0.193 e. The van der Waals surface area contributed by atoms with Crippen molar-refractivity contribution in [3.05, 3.63) is 71.3 Å². The van der Waals surface area contributed by atoms with E-state index < -0.39 is 9.84 Å². The Morgan fingerprint density at radius 1 is 1.00 bits per heavy atom. The van der Waals surface area contributed by atoms with Crippen LogP contribution in [-0.2, 0) is 28.6 Å². The second kappa shape index (κ2) is 9.92. The highest BCUT2D eigenvalue weighted by Gasteiger charge is 2.21. The van der Waals surface area contributed by atoms with E-state index in [0.717, 1.165) is 42.5 Å². The van der Waals surface area contributed by atoms with Crippen molar-refractivity contribution in [3.8, 4) is 0 Å². The minimum absolute atomic E-state index is 0.0836. The van der Waals surface area contributed by atoms with Gasteiger partial charge in [0.05, 0.1) is 5.75 Å². The van der Waals surface area contributed by atoms with Crippen molar-refractivity contribution in [1.82, 2.24) is 10.2 Å². The Hall–Kier alpha value is -2.34. The molecule has 5 nitrogen and oxygen atoms in total. The summed E-state index contributed by atoms with van der Waals surface area (Å²) in [6, 6.07) is 18.5. The smallest absolute Gasteiger partial charge is 0.193 e. The molecule has 1 aliphatic heterocycles. The number of aliphatic imine (C=N–C) groups is 1. The Balaban J connectivity index is 1.47. The minimum Gasteiger partial charge on any atom is -0.352 e. The van der Waals surface area contributed by atoms with E-state index in [1.54, 1.807) is 0 Å². The third kappa shape index (κ3) is 6.89. The van der Waals surface area contributed by atoms with Gasteiger partial charge in [-0.3, -0.25) is 4.99 Å². The van der Waals surface area contributed by atoms with Crippen molar-refractivity contribution in [1.29, 1.82) is 0 Å². The summed E-state index contributed by atoms with van der Waals surface area (Å²) in [4.78, 5) is 6.79. The monoisotopic (exact) mass is 413 g/mol. The van der Waals surface area contributed by atoms with Gasteiger partial charge >= 0.3 is 0 Å². The largest absolute Gasteiger partial charge is 0.352 e. The molecular weight excluding hydrogens is 382 g/mol. The Morgan fingerprint density at radius 2 is 1.62 bits per heavy atom. The van der Waals surface area contributed by atoms with E-state index in [9.17, 15) is 8.42 Å². The number of guanidine groups is 1. The first-order valence-electron chi connectivity index (χ1n) is 10.2. The summed E-state index contributed by atoms with van der Waals surface area (Å²) in [5.41, 5.74) is 3.36. The van der Waals surface area contributed by atoms with Crippen molar-refractivity contribution in [2.45, 2.75) is 31.6 Å². The molecule has 0 saturated carbocycles. The van der Waals surface area contributed by atoms with Gasteiger partial charge in [0.2, 0.25) is 0 Å². The van der Waals surface area contributed by atoms with E-state index in [-0.39, 0.29) is 5.75 Å². The third-order valence-corrected chi connectivity index (χ3v) is 6.25. The zero-order valence-electron chi connectivity index (χ0n) is 17.3. The van der Waals surface area contributed by atoms with Crippen LogP contribution in [0.2, 0.25) is 0 Å². The standard InChI is InChI=1S/C23H31N3O2S/c1-24-23(25-17-21-8-10-22(11-9-21)18-29(2,27)28)26-14-12-20(13-15-26)16-19-6-4-3-5-7-19/h3-11,20H,12-18H2,1-2H3,(H,24,25). The van der Waals surface area contributed by atoms with Crippen LogP contribution < -0.4 is 5.32 Å². The molecular formula is C23H31N3O2S. The topological polar surface area (TPSA) is 61.8 Å². The van der Waals surface area contributed by atoms with Crippen LogP contribution >= 0.6 is 0 Å². The number of sulfone groups is 1. The first kappa shape index (κ1) is 21.4. The summed E-state index contributed by atoms with van der Waals surface area (Å²) in [5.74, 6) is 1.75. The number of hydrogen-bond acceptors (Lipinski definition) is 3. The van der Waals surface area contributed by atoms with E-state index in [4.69, 9.17) is 0 Å². The van der Waals surface area contributed by atoms with Gasteiger partial charge in [0.1, 0.15) is 0 Å². The molecule has 1 saturated heterocycles. The van der Waals surface area contributed by atoms with Crippen molar-refractivity contribution >= 4 is 15.8 Å². The van der Waals surface area contributed by atoms with E-state index in [0.29, 0.717) is 6.54 Å². The fourth-order valence-electron chi connectivity index (χ4n) is 3.87. The van der Waals surface area contributed by atoms with Gasteiger partial charge in [0.25, 0.3) is 0 Å². The summed E-state index contributed by atoms with van der Waals surface area (Å²) < 4.78 is 22.8. The third-order valence-electron chi connectivity index (χ3n) is 5.40. The van der Waals surface area contributed by atoms with Crippen LogP contribution in [0.15, 0.2) is 59.6 Å². The Kier molecular flexibility index (Phi) is 7.31. The second-order valence-electron chi connectivity index (χ2n) is 7.91. The van der Waals surface area contributed by atoms with Crippen LogP contribution in [0.4, 0.5) is 0 Å². The SMILES string of the molecule is CN=C(NCc1ccc(CS(C)(=O)=O)cc1)N1CCC(Cc2ccccc2)CC1. The molecule has 156 valence electrons. The molecule has 0 bridgehead atoms. The number of benzene rings is 2. The molecule has 1 N–H and O–H groups in total. The molecule has 29 heavy (non-hydrogen) atoms. The number of nitrogens with one attached hydrogen (secondary N) is 1. The van der Waals surface area contributed by atoms with Crippen molar-refractivity contribution < 1.29 is 8.42 Å². The number of rotatable bonds is 6. The summed E-state index contributed by atoms with van der Waals surface area (Å²) in [6.45, 7) is 2.71. The summed E-state index contributed by atoms with van der Waals surface area (Å²) >= 11 is 0. The van der Waals surface area contributed by atoms with Crippen molar-refractivity contribution in [2.24, 2.45) is 10.9 Å². The number of nitrogens with zero attached hydrogens (tertiary/aromatic N) is 2. The quantitative estimate of drug-likeness (QED) is 0.583. The fraction of sp³-hybridized carbons (Fsp3) is 0.435. The molecule has 0 atom stereocenters. The summed E-state index contributed by atoms with van der Waals surface area (Å²) in [6.07, 6.45) is 4.77. The normalized spacial score (nSPS) is 16.1. The molecule has 2 aromatic rings. The van der Waals surface area contributed by atoms with Gasteiger partial charge in [-0.25, -0.2) is 8.42 Å². The first-order chi connectivity index (χ1) is 13.9. The highest BCUT2D eigenvalue weighted by Crippen LogP contribution is 2.21. The van der Waals surface area contributed by atoms with Gasteiger partial charge in [-0.1, -0.05) is 54.6 Å². The molecule has 0 spiro atoms. The van der Waals surface area contributed by atoms with E-state index in [1.165, 1.54) is 24.7 Å². The predicted molar refractivity (Wildman–Crippen MR) is 120 cm³/mol. The molecule has 0 aromatic heterocycles. The van der Waals surface area contributed by atoms with E-state index >= 15 is 0 Å². The number of likely N-dealkylation sites (tertiary alicyclic amines) is 1.